The summed E-state index contributed by atoms with van der Waals surface area (Å²) in [5, 5.41) is 10.4. The minimum absolute atomic E-state index is 0.0231. The van der Waals surface area contributed by atoms with Crippen LogP contribution in [0.2, 0.25) is 5.02 Å². The van der Waals surface area contributed by atoms with E-state index in [2.05, 4.69) is 25.9 Å². The molecule has 3 aromatic rings. The Labute approximate surface area is 132 Å². The van der Waals surface area contributed by atoms with Gasteiger partial charge in [0.15, 0.2) is 16.3 Å². The summed E-state index contributed by atoms with van der Waals surface area (Å²) < 4.78 is 5.79. The van der Waals surface area contributed by atoms with Crippen molar-refractivity contribution in [3.8, 4) is 28.6 Å². The average Bonchev–Trinajstić information content (AvgIpc) is 2.87. The summed E-state index contributed by atoms with van der Waals surface area (Å²) in [4.78, 5) is 18.8. The monoisotopic (exact) mass is 366 g/mol. The lowest BCUT2D eigenvalue weighted by Gasteiger charge is -2.06. The highest BCUT2D eigenvalue weighted by Gasteiger charge is 2.17. The Morgan fingerprint density at radius 3 is 2.62 bits per heavy atom. The van der Waals surface area contributed by atoms with Gasteiger partial charge in [0.1, 0.15) is 5.56 Å². The van der Waals surface area contributed by atoms with Crippen molar-refractivity contribution in [1.29, 1.82) is 0 Å². The quantitative estimate of drug-likeness (QED) is 0.722. The molecule has 0 fully saturated rings. The van der Waals surface area contributed by atoms with Crippen molar-refractivity contribution in [3.63, 3.8) is 0 Å². The van der Waals surface area contributed by atoms with Gasteiger partial charge in [-0.3, -0.25) is 4.79 Å². The number of nitrogens with zero attached hydrogens (tertiary/aromatic N) is 1. The third-order valence-electron chi connectivity index (χ3n) is 2.85. The van der Waals surface area contributed by atoms with Gasteiger partial charge < -0.3 is 14.5 Å². The van der Waals surface area contributed by atoms with Crippen LogP contribution in [0.3, 0.4) is 0 Å². The Kier molecular flexibility index (Phi) is 3.57. The largest absolute Gasteiger partial charge is 0.493 e. The Balaban J connectivity index is 2.18. The van der Waals surface area contributed by atoms with Gasteiger partial charge in [0.25, 0.3) is 5.56 Å². The predicted octanol–water partition coefficient (Wildman–Crippen LogP) is 3.82. The van der Waals surface area contributed by atoms with E-state index >= 15 is 0 Å². The van der Waals surface area contributed by atoms with Gasteiger partial charge in [-0.2, -0.15) is 4.98 Å². The Morgan fingerprint density at radius 2 is 2.00 bits per heavy atom. The maximum absolute atomic E-state index is 12.2. The number of furan rings is 1. The number of nitrogens with one attached hydrogen (secondary N) is 1. The molecule has 0 spiro atoms. The molecule has 2 N–H and O–H groups in total. The van der Waals surface area contributed by atoms with Gasteiger partial charge in [0.05, 0.1) is 0 Å². The van der Waals surface area contributed by atoms with E-state index in [-0.39, 0.29) is 11.4 Å². The molecule has 0 saturated heterocycles. The van der Waals surface area contributed by atoms with E-state index in [1.165, 1.54) is 0 Å². The van der Waals surface area contributed by atoms with E-state index in [0.29, 0.717) is 21.0 Å². The van der Waals surface area contributed by atoms with Crippen molar-refractivity contribution in [1.82, 2.24) is 9.97 Å². The van der Waals surface area contributed by atoms with Gasteiger partial charge in [-0.15, -0.1) is 0 Å². The number of rotatable bonds is 2. The van der Waals surface area contributed by atoms with Crippen LogP contribution >= 0.6 is 27.5 Å². The molecule has 0 amide bonds. The lowest BCUT2D eigenvalue weighted by molar-refractivity contribution is 0.452. The zero-order valence-corrected chi connectivity index (χ0v) is 12.8. The first-order valence-electron chi connectivity index (χ1n) is 5.90. The topological polar surface area (TPSA) is 79.1 Å². The highest BCUT2D eigenvalue weighted by Crippen LogP contribution is 2.31. The van der Waals surface area contributed by atoms with E-state index in [1.807, 2.05) is 0 Å². The van der Waals surface area contributed by atoms with Crippen LogP contribution in [0.4, 0.5) is 0 Å². The highest BCUT2D eigenvalue weighted by molar-refractivity contribution is 9.10. The number of H-pyrrole nitrogens is 1. The Hall–Kier alpha value is -2.05. The molecule has 21 heavy (non-hydrogen) atoms. The van der Waals surface area contributed by atoms with Crippen LogP contribution in [-0.2, 0) is 0 Å². The van der Waals surface area contributed by atoms with Crippen molar-refractivity contribution in [2.24, 2.45) is 0 Å². The average molecular weight is 368 g/mol. The van der Waals surface area contributed by atoms with Crippen LogP contribution < -0.4 is 5.56 Å². The number of hydrogen-bond acceptors (Lipinski definition) is 4. The molecule has 0 aliphatic heterocycles. The summed E-state index contributed by atoms with van der Waals surface area (Å²) in [6.07, 6.45) is 0. The van der Waals surface area contributed by atoms with Crippen LogP contribution in [-0.4, -0.2) is 15.1 Å². The number of aromatic amines is 1. The molecule has 7 heteroatoms. The summed E-state index contributed by atoms with van der Waals surface area (Å²) in [6.45, 7) is 0. The number of aromatic hydroxyl groups is 1. The predicted molar refractivity (Wildman–Crippen MR) is 82.4 cm³/mol. The first-order chi connectivity index (χ1) is 10.1. The zero-order chi connectivity index (χ0) is 15.0. The number of halogens is 2. The second-order valence-corrected chi connectivity index (χ2v) is 5.39. The van der Waals surface area contributed by atoms with Gasteiger partial charge in [0, 0.05) is 10.6 Å². The summed E-state index contributed by atoms with van der Waals surface area (Å²) in [5.74, 6) is 0.0633. The van der Waals surface area contributed by atoms with E-state index < -0.39 is 11.4 Å². The standard InChI is InChI=1S/C14H8BrClN2O3/c15-10-6-5-9(21-10)12-17-13(19)11(14(20)18-12)7-3-1-2-4-8(7)16/h1-6H,(H2,17,18,19,20). The molecule has 0 saturated carbocycles. The van der Waals surface area contributed by atoms with E-state index in [9.17, 15) is 9.90 Å². The first-order valence-corrected chi connectivity index (χ1v) is 7.07. The molecule has 0 aliphatic carbocycles. The fourth-order valence-corrected chi connectivity index (χ4v) is 2.46. The molecule has 5 nitrogen and oxygen atoms in total. The lowest BCUT2D eigenvalue weighted by Crippen LogP contribution is -2.12. The molecule has 2 heterocycles. The van der Waals surface area contributed by atoms with Crippen molar-refractivity contribution in [3.05, 3.63) is 56.4 Å². The molecule has 106 valence electrons. The van der Waals surface area contributed by atoms with Crippen LogP contribution in [0, 0.1) is 0 Å². The summed E-state index contributed by atoms with van der Waals surface area (Å²) in [5.41, 5.74) is -0.0642. The second-order valence-electron chi connectivity index (χ2n) is 4.20. The minimum atomic E-state index is -0.502. The molecular weight excluding hydrogens is 360 g/mol. The number of hydrogen-bond donors (Lipinski definition) is 2. The van der Waals surface area contributed by atoms with Gasteiger partial charge in [-0.05, 0) is 34.1 Å². The molecule has 2 aromatic heterocycles. The maximum atomic E-state index is 12.2. The Bertz CT molecular complexity index is 873. The van der Waals surface area contributed by atoms with E-state index in [1.54, 1.807) is 36.4 Å². The third-order valence-corrected chi connectivity index (χ3v) is 3.61. The Morgan fingerprint density at radius 1 is 1.24 bits per heavy atom. The van der Waals surface area contributed by atoms with Crippen LogP contribution in [0.1, 0.15) is 0 Å². The van der Waals surface area contributed by atoms with Gasteiger partial charge >= 0.3 is 0 Å². The zero-order valence-electron chi connectivity index (χ0n) is 10.4. The fourth-order valence-electron chi connectivity index (χ4n) is 1.93. The maximum Gasteiger partial charge on any atom is 0.263 e. The smallest absolute Gasteiger partial charge is 0.263 e. The van der Waals surface area contributed by atoms with Crippen LogP contribution in [0.5, 0.6) is 5.88 Å². The second kappa shape index (κ2) is 5.38. The fraction of sp³-hybridized carbons (Fsp3) is 0. The van der Waals surface area contributed by atoms with Gasteiger partial charge in [-0.25, -0.2) is 0 Å². The van der Waals surface area contributed by atoms with Crippen molar-refractivity contribution in [2.45, 2.75) is 0 Å². The van der Waals surface area contributed by atoms with Crippen LogP contribution in [0.25, 0.3) is 22.7 Å². The van der Waals surface area contributed by atoms with Crippen molar-refractivity contribution < 1.29 is 9.52 Å². The first kappa shape index (κ1) is 13.9. The molecule has 0 radical (unpaired) electrons. The molecular formula is C14H8BrClN2O3. The molecule has 1 aromatic carbocycles. The lowest BCUT2D eigenvalue weighted by atomic mass is 10.1. The summed E-state index contributed by atoms with van der Waals surface area (Å²) in [7, 11) is 0. The number of benzene rings is 1. The normalized spacial score (nSPS) is 10.8. The van der Waals surface area contributed by atoms with Crippen molar-refractivity contribution in [2.75, 3.05) is 0 Å². The minimum Gasteiger partial charge on any atom is -0.493 e. The van der Waals surface area contributed by atoms with Gasteiger partial charge in [0.2, 0.25) is 5.88 Å². The van der Waals surface area contributed by atoms with Crippen LogP contribution in [0.15, 0.2) is 50.3 Å². The van der Waals surface area contributed by atoms with Gasteiger partial charge in [-0.1, -0.05) is 29.8 Å². The molecule has 0 bridgehead atoms. The summed E-state index contributed by atoms with van der Waals surface area (Å²) >= 11 is 9.21. The summed E-state index contributed by atoms with van der Waals surface area (Å²) in [6, 6.07) is 10.0. The molecule has 0 atom stereocenters. The SMILES string of the molecule is O=c1[nH]c(-c2ccc(Br)o2)nc(O)c1-c1ccccc1Cl. The molecule has 3 rings (SSSR count). The molecule has 0 aliphatic rings. The third kappa shape index (κ3) is 2.59. The van der Waals surface area contributed by atoms with Crippen molar-refractivity contribution >= 4 is 27.5 Å². The van der Waals surface area contributed by atoms with E-state index in [4.69, 9.17) is 16.0 Å². The van der Waals surface area contributed by atoms with E-state index in [0.717, 1.165) is 0 Å². The number of aromatic nitrogens is 2. The highest BCUT2D eigenvalue weighted by atomic mass is 79.9. The molecule has 0 unspecified atom stereocenters.